The van der Waals surface area contributed by atoms with E-state index < -0.39 is 16.1 Å². The van der Waals surface area contributed by atoms with Gasteiger partial charge in [0.25, 0.3) is 5.91 Å². The molecule has 2 aromatic carbocycles. The van der Waals surface area contributed by atoms with Crippen molar-refractivity contribution in [2.24, 2.45) is 0 Å². The number of halogens is 2. The summed E-state index contributed by atoms with van der Waals surface area (Å²) in [6.45, 7) is 2.14. The summed E-state index contributed by atoms with van der Waals surface area (Å²) in [5, 5.41) is 4.10. The highest BCUT2D eigenvalue weighted by Crippen LogP contribution is 2.28. The summed E-state index contributed by atoms with van der Waals surface area (Å²) in [5.41, 5.74) is 1.40. The number of ether oxygens (including phenoxy) is 1. The standard InChI is InChI=1S/C20H24Cl2N2O4S2/c1-14(28-16-9-7-15(8-10-16)24(2)30(3,26)27)20(25)23-11-12-29-13-17-18(21)5-4-6-19(17)22/h4-10,14H,11-13H2,1-3H3,(H,23,25)/t14-/m0/s1. The second kappa shape index (κ2) is 11.1. The van der Waals surface area contributed by atoms with Gasteiger partial charge in [0.2, 0.25) is 10.0 Å². The molecule has 0 radical (unpaired) electrons. The van der Waals surface area contributed by atoms with E-state index in [9.17, 15) is 13.2 Å². The number of nitrogens with one attached hydrogen (secondary N) is 1. The zero-order valence-electron chi connectivity index (χ0n) is 16.9. The SMILES string of the molecule is C[C@H](Oc1ccc(N(C)S(C)(=O)=O)cc1)C(=O)NCCSCc1c(Cl)cccc1Cl. The van der Waals surface area contributed by atoms with Crippen molar-refractivity contribution in [1.82, 2.24) is 5.32 Å². The maximum atomic E-state index is 12.2. The van der Waals surface area contributed by atoms with E-state index >= 15 is 0 Å². The number of hydrogen-bond acceptors (Lipinski definition) is 5. The number of hydrogen-bond donors (Lipinski definition) is 1. The molecule has 0 bridgehead atoms. The average Bonchev–Trinajstić information content (AvgIpc) is 2.68. The van der Waals surface area contributed by atoms with Gasteiger partial charge in [0, 0.05) is 35.1 Å². The number of benzene rings is 2. The van der Waals surface area contributed by atoms with E-state index in [4.69, 9.17) is 27.9 Å². The zero-order chi connectivity index (χ0) is 22.3. The summed E-state index contributed by atoms with van der Waals surface area (Å²) in [6, 6.07) is 11.9. The number of carbonyl (C=O) groups excluding carboxylic acids is 1. The molecule has 0 saturated heterocycles. The van der Waals surface area contributed by atoms with Crippen molar-refractivity contribution in [3.63, 3.8) is 0 Å². The molecule has 0 aliphatic rings. The van der Waals surface area contributed by atoms with Gasteiger partial charge in [0.1, 0.15) is 5.75 Å². The molecule has 0 heterocycles. The molecule has 1 amide bonds. The summed E-state index contributed by atoms with van der Waals surface area (Å²) in [7, 11) is -1.86. The number of nitrogens with zero attached hydrogens (tertiary/aromatic N) is 1. The van der Waals surface area contributed by atoms with Gasteiger partial charge in [0.05, 0.1) is 11.9 Å². The molecule has 0 unspecified atom stereocenters. The third kappa shape index (κ3) is 7.27. The molecule has 6 nitrogen and oxygen atoms in total. The minimum atomic E-state index is -3.33. The van der Waals surface area contributed by atoms with E-state index in [1.165, 1.54) is 11.4 Å². The van der Waals surface area contributed by atoms with Gasteiger partial charge < -0.3 is 10.1 Å². The fraction of sp³-hybridized carbons (Fsp3) is 0.350. The van der Waals surface area contributed by atoms with Crippen LogP contribution in [0.4, 0.5) is 5.69 Å². The van der Waals surface area contributed by atoms with Crippen molar-refractivity contribution < 1.29 is 17.9 Å². The second-order valence-electron chi connectivity index (χ2n) is 6.53. The Bertz CT molecular complexity index is 949. The Morgan fingerprint density at radius 1 is 1.17 bits per heavy atom. The third-order valence-corrected chi connectivity index (χ3v) is 7.13. The van der Waals surface area contributed by atoms with E-state index in [2.05, 4.69) is 5.32 Å². The molecule has 0 spiro atoms. The van der Waals surface area contributed by atoms with Crippen LogP contribution in [0, 0.1) is 0 Å². The molecule has 164 valence electrons. The topological polar surface area (TPSA) is 75.7 Å². The zero-order valence-corrected chi connectivity index (χ0v) is 20.0. The van der Waals surface area contributed by atoms with Crippen molar-refractivity contribution in [2.45, 2.75) is 18.8 Å². The van der Waals surface area contributed by atoms with E-state index in [1.54, 1.807) is 61.2 Å². The van der Waals surface area contributed by atoms with Crippen molar-refractivity contribution >= 4 is 56.6 Å². The van der Waals surface area contributed by atoms with Gasteiger partial charge in [-0.1, -0.05) is 29.3 Å². The highest BCUT2D eigenvalue weighted by Gasteiger charge is 2.15. The van der Waals surface area contributed by atoms with Crippen LogP contribution in [0.25, 0.3) is 0 Å². The summed E-state index contributed by atoms with van der Waals surface area (Å²) >= 11 is 13.9. The van der Waals surface area contributed by atoms with Crippen molar-refractivity contribution in [3.8, 4) is 5.75 Å². The summed E-state index contributed by atoms with van der Waals surface area (Å²) in [6.07, 6.45) is 0.442. The number of carbonyl (C=O) groups is 1. The molecule has 1 N–H and O–H groups in total. The quantitative estimate of drug-likeness (QED) is 0.504. The third-order valence-electron chi connectivity index (χ3n) is 4.23. The molecule has 0 aliphatic heterocycles. The fourth-order valence-corrected chi connectivity index (χ4v) is 4.52. The van der Waals surface area contributed by atoms with Crippen molar-refractivity contribution in [2.75, 3.05) is 29.9 Å². The first kappa shape index (κ1) is 24.7. The van der Waals surface area contributed by atoms with E-state index in [1.807, 2.05) is 0 Å². The number of thioether (sulfide) groups is 1. The van der Waals surface area contributed by atoms with Gasteiger partial charge in [0.15, 0.2) is 6.10 Å². The normalized spacial score (nSPS) is 12.3. The molecule has 2 rings (SSSR count). The molecule has 2 aromatic rings. The Labute approximate surface area is 191 Å². The van der Waals surface area contributed by atoms with Crippen molar-refractivity contribution in [3.05, 3.63) is 58.1 Å². The highest BCUT2D eigenvalue weighted by atomic mass is 35.5. The van der Waals surface area contributed by atoms with Gasteiger partial charge in [-0.05, 0) is 48.9 Å². The first-order valence-corrected chi connectivity index (χ1v) is 12.8. The largest absolute Gasteiger partial charge is 0.481 e. The first-order valence-electron chi connectivity index (χ1n) is 9.08. The molecular formula is C20H24Cl2N2O4S2. The minimum absolute atomic E-state index is 0.233. The number of sulfonamides is 1. The van der Waals surface area contributed by atoms with Crippen LogP contribution in [0.15, 0.2) is 42.5 Å². The molecule has 30 heavy (non-hydrogen) atoms. The van der Waals surface area contributed by atoms with Gasteiger partial charge >= 0.3 is 0 Å². The van der Waals surface area contributed by atoms with Gasteiger partial charge in [-0.3, -0.25) is 9.10 Å². The van der Waals surface area contributed by atoms with E-state index in [0.717, 1.165) is 11.8 Å². The van der Waals surface area contributed by atoms with Crippen LogP contribution in [-0.2, 0) is 20.6 Å². The first-order chi connectivity index (χ1) is 14.1. The number of amides is 1. The van der Waals surface area contributed by atoms with E-state index in [0.29, 0.717) is 39.5 Å². The molecule has 10 heteroatoms. The summed E-state index contributed by atoms with van der Waals surface area (Å²) in [4.78, 5) is 12.2. The van der Waals surface area contributed by atoms with Crippen LogP contribution in [0.3, 0.4) is 0 Å². The second-order valence-corrected chi connectivity index (χ2v) is 10.5. The van der Waals surface area contributed by atoms with Crippen LogP contribution in [-0.4, -0.2) is 46.0 Å². The maximum absolute atomic E-state index is 12.2. The Hall–Kier alpha value is -1.61. The van der Waals surface area contributed by atoms with Gasteiger partial charge in [-0.15, -0.1) is 0 Å². The molecule has 1 atom stereocenters. The summed E-state index contributed by atoms with van der Waals surface area (Å²) in [5.74, 6) is 1.61. The lowest BCUT2D eigenvalue weighted by atomic mass is 10.2. The summed E-state index contributed by atoms with van der Waals surface area (Å²) < 4.78 is 29.9. The predicted molar refractivity (Wildman–Crippen MR) is 125 cm³/mol. The minimum Gasteiger partial charge on any atom is -0.481 e. The van der Waals surface area contributed by atoms with Crippen LogP contribution in [0.5, 0.6) is 5.75 Å². The van der Waals surface area contributed by atoms with Gasteiger partial charge in [-0.2, -0.15) is 11.8 Å². The molecule has 0 aromatic heterocycles. The smallest absolute Gasteiger partial charge is 0.260 e. The molecule has 0 fully saturated rings. The monoisotopic (exact) mass is 490 g/mol. The molecule has 0 saturated carbocycles. The molecular weight excluding hydrogens is 467 g/mol. The average molecular weight is 491 g/mol. The Balaban J connectivity index is 1.75. The van der Waals surface area contributed by atoms with E-state index in [-0.39, 0.29) is 5.91 Å². The predicted octanol–water partition coefficient (Wildman–Crippen LogP) is 4.21. The van der Waals surface area contributed by atoms with Crippen LogP contribution >= 0.6 is 35.0 Å². The fourth-order valence-electron chi connectivity index (χ4n) is 2.42. The number of rotatable bonds is 10. The Morgan fingerprint density at radius 2 is 1.77 bits per heavy atom. The lowest BCUT2D eigenvalue weighted by Gasteiger charge is -2.18. The highest BCUT2D eigenvalue weighted by molar-refractivity contribution is 7.98. The van der Waals surface area contributed by atoms with Gasteiger partial charge in [-0.25, -0.2) is 8.42 Å². The molecule has 0 aliphatic carbocycles. The van der Waals surface area contributed by atoms with Crippen LogP contribution in [0.2, 0.25) is 10.0 Å². The lowest BCUT2D eigenvalue weighted by molar-refractivity contribution is -0.127. The Kier molecular flexibility index (Phi) is 9.15. The lowest BCUT2D eigenvalue weighted by Crippen LogP contribution is -2.37. The van der Waals surface area contributed by atoms with Crippen LogP contribution in [0.1, 0.15) is 12.5 Å². The number of anilines is 1. The van der Waals surface area contributed by atoms with Crippen molar-refractivity contribution in [1.29, 1.82) is 0 Å². The Morgan fingerprint density at radius 3 is 2.33 bits per heavy atom. The maximum Gasteiger partial charge on any atom is 0.260 e. The van der Waals surface area contributed by atoms with Crippen LogP contribution < -0.4 is 14.4 Å².